The predicted octanol–water partition coefficient (Wildman–Crippen LogP) is 3.48. The van der Waals surface area contributed by atoms with Crippen LogP contribution in [0, 0.1) is 17.8 Å². The van der Waals surface area contributed by atoms with Crippen LogP contribution in [0.25, 0.3) is 0 Å². The van der Waals surface area contributed by atoms with E-state index >= 15 is 0 Å². The Kier molecular flexibility index (Phi) is 4.24. The molecule has 0 aliphatic heterocycles. The van der Waals surface area contributed by atoms with E-state index in [0.29, 0.717) is 6.10 Å². The summed E-state index contributed by atoms with van der Waals surface area (Å²) in [4.78, 5) is 0. The lowest BCUT2D eigenvalue weighted by Gasteiger charge is -2.34. The molecular weight excluding hydrogens is 160 g/mol. The Hall–Kier alpha value is -0.0400. The summed E-state index contributed by atoms with van der Waals surface area (Å²) < 4.78 is 5.55. The van der Waals surface area contributed by atoms with Gasteiger partial charge in [-0.3, -0.25) is 0 Å². The first kappa shape index (κ1) is 11.0. The van der Waals surface area contributed by atoms with E-state index in [-0.39, 0.29) is 0 Å². The van der Waals surface area contributed by atoms with Gasteiger partial charge in [0.2, 0.25) is 0 Å². The van der Waals surface area contributed by atoms with Crippen molar-refractivity contribution < 1.29 is 4.74 Å². The Morgan fingerprint density at radius 2 is 2.00 bits per heavy atom. The maximum atomic E-state index is 5.55. The van der Waals surface area contributed by atoms with E-state index in [1.54, 1.807) is 0 Å². The molecule has 0 amide bonds. The fourth-order valence-electron chi connectivity index (χ4n) is 2.63. The van der Waals surface area contributed by atoms with Crippen LogP contribution >= 0.6 is 0 Å². The first-order valence-corrected chi connectivity index (χ1v) is 5.66. The van der Waals surface area contributed by atoms with E-state index in [2.05, 4.69) is 20.8 Å². The number of hydrogen-bond acceptors (Lipinski definition) is 1. The molecule has 0 bridgehead atoms. The van der Waals surface area contributed by atoms with Crippen molar-refractivity contribution in [1.29, 1.82) is 0 Å². The first-order valence-electron chi connectivity index (χ1n) is 5.66. The molecule has 1 nitrogen and oxygen atoms in total. The van der Waals surface area contributed by atoms with Gasteiger partial charge in [-0.1, -0.05) is 20.8 Å². The molecule has 1 aliphatic carbocycles. The highest BCUT2D eigenvalue weighted by molar-refractivity contribution is 4.79. The zero-order valence-corrected chi connectivity index (χ0v) is 9.55. The monoisotopic (exact) mass is 184 g/mol. The van der Waals surface area contributed by atoms with E-state index < -0.39 is 0 Å². The fraction of sp³-hybridized carbons (Fsp3) is 1.00. The molecule has 1 saturated carbocycles. The average molecular weight is 184 g/mol. The normalized spacial score (nSPS) is 35.3. The Labute approximate surface area is 82.9 Å². The summed E-state index contributed by atoms with van der Waals surface area (Å²) >= 11 is 0. The van der Waals surface area contributed by atoms with Crippen LogP contribution in [0.5, 0.6) is 0 Å². The zero-order valence-electron chi connectivity index (χ0n) is 9.55. The first-order chi connectivity index (χ1) is 6.13. The summed E-state index contributed by atoms with van der Waals surface area (Å²) in [5.41, 5.74) is 0. The lowest BCUT2D eigenvalue weighted by molar-refractivity contribution is 0.00270. The second kappa shape index (κ2) is 4.99. The third-order valence-electron chi connectivity index (χ3n) is 3.25. The highest BCUT2D eigenvalue weighted by Crippen LogP contribution is 2.34. The summed E-state index contributed by atoms with van der Waals surface area (Å²) in [7, 11) is 1.87. The Morgan fingerprint density at radius 1 is 1.31 bits per heavy atom. The molecule has 0 heterocycles. The lowest BCUT2D eigenvalue weighted by atomic mass is 9.76. The van der Waals surface area contributed by atoms with Crippen molar-refractivity contribution >= 4 is 0 Å². The van der Waals surface area contributed by atoms with Gasteiger partial charge in [-0.15, -0.1) is 0 Å². The van der Waals surface area contributed by atoms with Gasteiger partial charge in [0.15, 0.2) is 0 Å². The summed E-state index contributed by atoms with van der Waals surface area (Å²) in [6.07, 6.45) is 5.88. The van der Waals surface area contributed by atoms with Crippen molar-refractivity contribution in [2.75, 3.05) is 7.11 Å². The van der Waals surface area contributed by atoms with Crippen LogP contribution in [-0.4, -0.2) is 13.2 Å². The third kappa shape index (κ3) is 3.30. The SMILES string of the molecule is COC1CCC(C)CC1CC(C)C. The van der Waals surface area contributed by atoms with E-state index in [9.17, 15) is 0 Å². The Balaban J connectivity index is 2.44. The van der Waals surface area contributed by atoms with Crippen LogP contribution in [0.4, 0.5) is 0 Å². The Bertz CT molecular complexity index is 140. The Morgan fingerprint density at radius 3 is 2.54 bits per heavy atom. The minimum atomic E-state index is 0.540. The molecule has 0 aromatic heterocycles. The number of ether oxygens (including phenoxy) is 1. The van der Waals surface area contributed by atoms with Crippen molar-refractivity contribution in [2.24, 2.45) is 17.8 Å². The van der Waals surface area contributed by atoms with Crippen molar-refractivity contribution in [3.63, 3.8) is 0 Å². The van der Waals surface area contributed by atoms with Gasteiger partial charge in [-0.05, 0) is 43.4 Å². The molecule has 0 radical (unpaired) electrons. The maximum absolute atomic E-state index is 5.55. The standard InChI is InChI=1S/C12H24O/c1-9(2)7-11-8-10(3)5-6-12(11)13-4/h9-12H,5-8H2,1-4H3. The molecule has 0 N–H and O–H groups in total. The minimum Gasteiger partial charge on any atom is -0.381 e. The van der Waals surface area contributed by atoms with Crippen LogP contribution < -0.4 is 0 Å². The third-order valence-corrected chi connectivity index (χ3v) is 3.25. The van der Waals surface area contributed by atoms with E-state index in [4.69, 9.17) is 4.74 Å². The second-order valence-corrected chi connectivity index (χ2v) is 5.08. The van der Waals surface area contributed by atoms with Gasteiger partial charge in [-0.25, -0.2) is 0 Å². The van der Waals surface area contributed by atoms with Crippen LogP contribution in [0.15, 0.2) is 0 Å². The smallest absolute Gasteiger partial charge is 0.0599 e. The lowest BCUT2D eigenvalue weighted by Crippen LogP contribution is -2.30. The van der Waals surface area contributed by atoms with Gasteiger partial charge in [0.05, 0.1) is 6.10 Å². The quantitative estimate of drug-likeness (QED) is 0.652. The molecule has 1 rings (SSSR count). The van der Waals surface area contributed by atoms with Crippen LogP contribution in [0.3, 0.4) is 0 Å². The molecular formula is C12H24O. The van der Waals surface area contributed by atoms with Gasteiger partial charge in [0.25, 0.3) is 0 Å². The van der Waals surface area contributed by atoms with E-state index in [1.165, 1.54) is 25.7 Å². The van der Waals surface area contributed by atoms with Crippen molar-refractivity contribution in [2.45, 2.75) is 52.6 Å². The molecule has 0 aromatic carbocycles. The van der Waals surface area contributed by atoms with Gasteiger partial charge in [0, 0.05) is 7.11 Å². The molecule has 3 atom stereocenters. The highest BCUT2D eigenvalue weighted by Gasteiger charge is 2.28. The van der Waals surface area contributed by atoms with E-state index in [0.717, 1.165) is 17.8 Å². The minimum absolute atomic E-state index is 0.540. The fourth-order valence-corrected chi connectivity index (χ4v) is 2.63. The molecule has 78 valence electrons. The zero-order chi connectivity index (χ0) is 9.84. The molecule has 0 spiro atoms. The molecule has 1 aliphatic rings. The molecule has 1 fully saturated rings. The summed E-state index contributed by atoms with van der Waals surface area (Å²) in [5, 5.41) is 0. The molecule has 1 heteroatoms. The highest BCUT2D eigenvalue weighted by atomic mass is 16.5. The second-order valence-electron chi connectivity index (χ2n) is 5.08. The molecule has 0 aromatic rings. The predicted molar refractivity (Wildman–Crippen MR) is 56.8 cm³/mol. The topological polar surface area (TPSA) is 9.23 Å². The number of methoxy groups -OCH3 is 1. The molecule has 0 saturated heterocycles. The number of hydrogen-bond donors (Lipinski definition) is 0. The van der Waals surface area contributed by atoms with Crippen LogP contribution in [-0.2, 0) is 4.74 Å². The van der Waals surface area contributed by atoms with Crippen molar-refractivity contribution in [1.82, 2.24) is 0 Å². The molecule has 13 heavy (non-hydrogen) atoms. The summed E-state index contributed by atoms with van der Waals surface area (Å²) in [5.74, 6) is 2.54. The number of rotatable bonds is 3. The maximum Gasteiger partial charge on any atom is 0.0599 e. The van der Waals surface area contributed by atoms with Gasteiger partial charge in [0.1, 0.15) is 0 Å². The van der Waals surface area contributed by atoms with Crippen molar-refractivity contribution in [3.8, 4) is 0 Å². The largest absolute Gasteiger partial charge is 0.381 e. The molecule has 3 unspecified atom stereocenters. The van der Waals surface area contributed by atoms with Crippen molar-refractivity contribution in [3.05, 3.63) is 0 Å². The average Bonchev–Trinajstić information content (AvgIpc) is 2.03. The summed E-state index contributed by atoms with van der Waals surface area (Å²) in [6, 6.07) is 0. The van der Waals surface area contributed by atoms with Crippen LogP contribution in [0.1, 0.15) is 46.5 Å². The van der Waals surface area contributed by atoms with Crippen LogP contribution in [0.2, 0.25) is 0 Å². The van der Waals surface area contributed by atoms with Gasteiger partial charge < -0.3 is 4.74 Å². The summed E-state index contributed by atoms with van der Waals surface area (Å²) in [6.45, 7) is 7.00. The van der Waals surface area contributed by atoms with E-state index in [1.807, 2.05) is 7.11 Å². The van der Waals surface area contributed by atoms with Gasteiger partial charge in [-0.2, -0.15) is 0 Å². The van der Waals surface area contributed by atoms with Gasteiger partial charge >= 0.3 is 0 Å².